The highest BCUT2D eigenvalue weighted by atomic mass is 19.1. The fourth-order valence-corrected chi connectivity index (χ4v) is 2.71. The Kier molecular flexibility index (Phi) is 5.90. The smallest absolute Gasteiger partial charge is 0.227 e. The molecule has 1 N–H and O–H groups in total. The number of aromatic amines is 1. The van der Waals surface area contributed by atoms with Crippen LogP contribution in [0, 0.1) is 5.82 Å². The van der Waals surface area contributed by atoms with Gasteiger partial charge in [-0.15, -0.1) is 0 Å². The number of carbonyl (C=O) groups excluding carboxylic acids is 2. The van der Waals surface area contributed by atoms with Crippen molar-refractivity contribution >= 4 is 22.6 Å². The van der Waals surface area contributed by atoms with Crippen molar-refractivity contribution in [1.29, 1.82) is 0 Å². The number of hydrogen-bond acceptors (Lipinski definition) is 2. The maximum absolute atomic E-state index is 13.2. The van der Waals surface area contributed by atoms with Gasteiger partial charge < -0.3 is 9.88 Å². The number of halogens is 1. The first-order chi connectivity index (χ1) is 11.0. The lowest BCUT2D eigenvalue weighted by Gasteiger charge is -2.21. The molecule has 2 rings (SSSR count). The van der Waals surface area contributed by atoms with Gasteiger partial charge in [-0.1, -0.05) is 13.8 Å². The Bertz CT molecular complexity index is 693. The van der Waals surface area contributed by atoms with Crippen molar-refractivity contribution in [1.82, 2.24) is 9.88 Å². The summed E-state index contributed by atoms with van der Waals surface area (Å²) in [6.45, 7) is 4.69. The van der Waals surface area contributed by atoms with E-state index in [1.165, 1.54) is 12.1 Å². The van der Waals surface area contributed by atoms with Crippen LogP contribution < -0.4 is 0 Å². The molecule has 1 aromatic carbocycles. The summed E-state index contributed by atoms with van der Waals surface area (Å²) in [6.07, 6.45) is 4.05. The normalized spacial score (nSPS) is 10.9. The van der Waals surface area contributed by atoms with Crippen LogP contribution in [-0.4, -0.2) is 34.7 Å². The topological polar surface area (TPSA) is 53.2 Å². The van der Waals surface area contributed by atoms with Crippen molar-refractivity contribution in [3.05, 3.63) is 35.8 Å². The molecule has 0 saturated heterocycles. The third kappa shape index (κ3) is 4.41. The molecule has 2 aromatic rings. The summed E-state index contributed by atoms with van der Waals surface area (Å²) in [6, 6.07) is 4.48. The second-order valence-corrected chi connectivity index (χ2v) is 5.78. The first-order valence-corrected chi connectivity index (χ1v) is 8.10. The minimum Gasteiger partial charge on any atom is -0.361 e. The molecule has 4 nitrogen and oxygen atoms in total. The highest BCUT2D eigenvalue weighted by molar-refractivity contribution is 5.91. The molecule has 1 amide bonds. The number of fused-ring (bicyclic) bond motifs is 1. The van der Waals surface area contributed by atoms with Crippen molar-refractivity contribution in [3.63, 3.8) is 0 Å². The van der Waals surface area contributed by atoms with Gasteiger partial charge in [-0.25, -0.2) is 4.39 Å². The zero-order valence-electron chi connectivity index (χ0n) is 13.7. The Morgan fingerprint density at radius 3 is 2.70 bits per heavy atom. The van der Waals surface area contributed by atoms with E-state index in [-0.39, 0.29) is 30.5 Å². The average molecular weight is 318 g/mol. The first kappa shape index (κ1) is 17.2. The van der Waals surface area contributed by atoms with Crippen LogP contribution in [0.2, 0.25) is 0 Å². The number of amides is 1. The molecule has 5 heteroatoms. The van der Waals surface area contributed by atoms with Crippen LogP contribution in [0.15, 0.2) is 24.4 Å². The van der Waals surface area contributed by atoms with Gasteiger partial charge in [0.25, 0.3) is 0 Å². The molecule has 0 radical (unpaired) electrons. The third-order valence-corrected chi connectivity index (χ3v) is 3.81. The van der Waals surface area contributed by atoms with Gasteiger partial charge in [0.15, 0.2) is 5.78 Å². The monoisotopic (exact) mass is 318 g/mol. The Hall–Kier alpha value is -2.17. The number of nitrogens with one attached hydrogen (secondary N) is 1. The van der Waals surface area contributed by atoms with Crippen LogP contribution in [0.4, 0.5) is 4.39 Å². The summed E-state index contributed by atoms with van der Waals surface area (Å²) in [5, 5.41) is 0.844. The van der Waals surface area contributed by atoms with E-state index in [0.29, 0.717) is 18.5 Å². The maximum Gasteiger partial charge on any atom is 0.227 e. The van der Waals surface area contributed by atoms with E-state index in [1.807, 2.05) is 13.8 Å². The third-order valence-electron chi connectivity index (χ3n) is 3.81. The molecule has 1 aromatic heterocycles. The van der Waals surface area contributed by atoms with Gasteiger partial charge in [0.2, 0.25) is 5.91 Å². The Morgan fingerprint density at radius 2 is 2.00 bits per heavy atom. The van der Waals surface area contributed by atoms with E-state index < -0.39 is 0 Å². The van der Waals surface area contributed by atoms with Crippen LogP contribution >= 0.6 is 0 Å². The highest BCUT2D eigenvalue weighted by Gasteiger charge is 2.18. The molecule has 0 aliphatic rings. The van der Waals surface area contributed by atoms with Crippen molar-refractivity contribution < 1.29 is 14.0 Å². The highest BCUT2D eigenvalue weighted by Crippen LogP contribution is 2.20. The minimum atomic E-state index is -0.310. The second-order valence-electron chi connectivity index (χ2n) is 5.78. The van der Waals surface area contributed by atoms with Gasteiger partial charge in [0.1, 0.15) is 5.82 Å². The lowest BCUT2D eigenvalue weighted by Crippen LogP contribution is -2.37. The lowest BCUT2D eigenvalue weighted by atomic mass is 10.1. The van der Waals surface area contributed by atoms with E-state index in [2.05, 4.69) is 4.98 Å². The summed E-state index contributed by atoms with van der Waals surface area (Å²) in [5.41, 5.74) is 1.51. The largest absolute Gasteiger partial charge is 0.361 e. The minimum absolute atomic E-state index is 0.0680. The summed E-state index contributed by atoms with van der Waals surface area (Å²) >= 11 is 0. The number of H-pyrrole nitrogens is 1. The molecule has 0 aliphatic heterocycles. The van der Waals surface area contributed by atoms with E-state index in [9.17, 15) is 14.0 Å². The molecule has 0 atom stereocenters. The van der Waals surface area contributed by atoms with Gasteiger partial charge in [0, 0.05) is 30.1 Å². The van der Waals surface area contributed by atoms with Gasteiger partial charge >= 0.3 is 0 Å². The fourth-order valence-electron chi connectivity index (χ4n) is 2.71. The van der Waals surface area contributed by atoms with E-state index in [1.54, 1.807) is 17.2 Å². The predicted molar refractivity (Wildman–Crippen MR) is 88.7 cm³/mol. The zero-order valence-corrected chi connectivity index (χ0v) is 13.7. The lowest BCUT2D eigenvalue weighted by molar-refractivity contribution is -0.134. The van der Waals surface area contributed by atoms with E-state index in [4.69, 9.17) is 0 Å². The molecule has 0 aliphatic carbocycles. The molecule has 0 saturated carbocycles. The van der Waals surface area contributed by atoms with Gasteiger partial charge in [-0.2, -0.15) is 0 Å². The molecule has 0 unspecified atom stereocenters. The first-order valence-electron chi connectivity index (χ1n) is 8.10. The van der Waals surface area contributed by atoms with Crippen molar-refractivity contribution in [3.8, 4) is 0 Å². The summed E-state index contributed by atoms with van der Waals surface area (Å²) in [7, 11) is 0. The maximum atomic E-state index is 13.2. The molecule has 124 valence electrons. The van der Waals surface area contributed by atoms with Crippen LogP contribution in [0.25, 0.3) is 10.9 Å². The SMILES string of the molecule is CCCC(=O)CN(CCC)C(=O)Cc1c[nH]c2cc(F)ccc12. The van der Waals surface area contributed by atoms with Crippen LogP contribution in [0.3, 0.4) is 0 Å². The number of benzene rings is 1. The number of nitrogens with zero attached hydrogens (tertiary/aromatic N) is 1. The molecule has 0 bridgehead atoms. The van der Waals surface area contributed by atoms with Gasteiger partial charge in [0.05, 0.1) is 13.0 Å². The van der Waals surface area contributed by atoms with Crippen LogP contribution in [-0.2, 0) is 16.0 Å². The van der Waals surface area contributed by atoms with Gasteiger partial charge in [-0.05, 0) is 36.6 Å². The Labute approximate surface area is 135 Å². The summed E-state index contributed by atoms with van der Waals surface area (Å²) < 4.78 is 13.2. The molecular weight excluding hydrogens is 295 g/mol. The van der Waals surface area contributed by atoms with Crippen molar-refractivity contribution in [2.45, 2.75) is 39.5 Å². The van der Waals surface area contributed by atoms with Gasteiger partial charge in [-0.3, -0.25) is 9.59 Å². The molecule has 1 heterocycles. The fraction of sp³-hybridized carbons (Fsp3) is 0.444. The molecule has 23 heavy (non-hydrogen) atoms. The Morgan fingerprint density at radius 1 is 1.22 bits per heavy atom. The number of rotatable bonds is 8. The quantitative estimate of drug-likeness (QED) is 0.810. The van der Waals surface area contributed by atoms with Crippen LogP contribution in [0.5, 0.6) is 0 Å². The number of ketones is 1. The Balaban J connectivity index is 2.11. The number of carbonyl (C=O) groups is 2. The number of aromatic nitrogens is 1. The summed E-state index contributed by atoms with van der Waals surface area (Å²) in [5.74, 6) is -0.285. The predicted octanol–water partition coefficient (Wildman–Crippen LogP) is 3.46. The second kappa shape index (κ2) is 7.90. The average Bonchev–Trinajstić information content (AvgIpc) is 2.89. The number of hydrogen-bond donors (Lipinski definition) is 1. The molecule has 0 spiro atoms. The standard InChI is InChI=1S/C18H23FN2O2/c1-3-5-15(22)12-21(8-4-2)18(23)9-13-11-20-17-10-14(19)6-7-16(13)17/h6-7,10-11,20H,3-5,8-9,12H2,1-2H3. The summed E-state index contributed by atoms with van der Waals surface area (Å²) in [4.78, 5) is 29.0. The molecule has 0 fully saturated rings. The van der Waals surface area contributed by atoms with Crippen LogP contribution in [0.1, 0.15) is 38.7 Å². The van der Waals surface area contributed by atoms with Crippen molar-refractivity contribution in [2.24, 2.45) is 0 Å². The zero-order chi connectivity index (χ0) is 16.8. The number of Topliss-reactive ketones (excluding diaryl/α,β-unsaturated/α-hetero) is 1. The van der Waals surface area contributed by atoms with E-state index in [0.717, 1.165) is 23.8 Å². The van der Waals surface area contributed by atoms with E-state index >= 15 is 0 Å². The van der Waals surface area contributed by atoms with Crippen molar-refractivity contribution in [2.75, 3.05) is 13.1 Å². The molecular formula is C18H23FN2O2.